The van der Waals surface area contributed by atoms with Crippen molar-refractivity contribution in [1.82, 2.24) is 9.78 Å². The van der Waals surface area contributed by atoms with E-state index in [2.05, 4.69) is 21.0 Å². The van der Waals surface area contributed by atoms with E-state index in [9.17, 15) is 9.50 Å². The van der Waals surface area contributed by atoms with Gasteiger partial charge in [-0.2, -0.15) is 5.10 Å². The van der Waals surface area contributed by atoms with Crippen molar-refractivity contribution in [3.63, 3.8) is 0 Å². The maximum absolute atomic E-state index is 13.9. The van der Waals surface area contributed by atoms with Crippen molar-refractivity contribution in [1.29, 1.82) is 0 Å². The van der Waals surface area contributed by atoms with Crippen molar-refractivity contribution in [3.8, 4) is 0 Å². The lowest BCUT2D eigenvalue weighted by Gasteiger charge is -2.15. The topological polar surface area (TPSA) is 47.3 Å². The summed E-state index contributed by atoms with van der Waals surface area (Å²) in [6, 6.07) is 4.67. The number of hydrogen-bond donors (Lipinski definition) is 1. The third-order valence-electron chi connectivity index (χ3n) is 3.05. The van der Waals surface area contributed by atoms with Crippen LogP contribution in [0.5, 0.6) is 0 Å². The van der Waals surface area contributed by atoms with Crippen LogP contribution < -0.4 is 0 Å². The Morgan fingerprint density at radius 3 is 2.95 bits per heavy atom. The van der Waals surface area contributed by atoms with Crippen molar-refractivity contribution in [2.24, 2.45) is 0 Å². The number of aliphatic hydroxyl groups is 1. The van der Waals surface area contributed by atoms with E-state index in [0.717, 1.165) is 5.56 Å². The highest BCUT2D eigenvalue weighted by Crippen LogP contribution is 2.30. The Kier molecular flexibility index (Phi) is 4.91. The van der Waals surface area contributed by atoms with E-state index in [4.69, 9.17) is 4.74 Å². The van der Waals surface area contributed by atoms with Gasteiger partial charge in [0.25, 0.3) is 0 Å². The molecule has 4 nitrogen and oxygen atoms in total. The minimum Gasteiger partial charge on any atom is -0.383 e. The monoisotopic (exact) mass is 342 g/mol. The molecule has 0 aliphatic heterocycles. The Morgan fingerprint density at radius 1 is 1.50 bits per heavy atom. The largest absolute Gasteiger partial charge is 0.383 e. The van der Waals surface area contributed by atoms with Crippen LogP contribution in [0.25, 0.3) is 0 Å². The highest BCUT2D eigenvalue weighted by atomic mass is 79.9. The van der Waals surface area contributed by atoms with Crippen molar-refractivity contribution < 1.29 is 14.2 Å². The molecule has 1 N–H and O–H groups in total. The summed E-state index contributed by atoms with van der Waals surface area (Å²) in [5.41, 5.74) is 1.65. The molecule has 0 saturated carbocycles. The molecule has 20 heavy (non-hydrogen) atoms. The van der Waals surface area contributed by atoms with Crippen molar-refractivity contribution >= 4 is 15.9 Å². The molecule has 0 bridgehead atoms. The smallest absolute Gasteiger partial charge is 0.129 e. The molecule has 1 atom stereocenters. The maximum Gasteiger partial charge on any atom is 0.129 e. The first-order chi connectivity index (χ1) is 9.54. The molecule has 0 aliphatic rings. The fourth-order valence-electron chi connectivity index (χ4n) is 2.02. The zero-order valence-corrected chi connectivity index (χ0v) is 12.9. The molecule has 2 aromatic rings. The second-order valence-corrected chi connectivity index (χ2v) is 5.38. The van der Waals surface area contributed by atoms with Gasteiger partial charge in [-0.1, -0.05) is 17.7 Å². The number of aryl methyl sites for hydroxylation is 1. The summed E-state index contributed by atoms with van der Waals surface area (Å²) in [5, 5.41) is 14.6. The normalized spacial score (nSPS) is 12.7. The third-order valence-corrected chi connectivity index (χ3v) is 3.66. The lowest BCUT2D eigenvalue weighted by Crippen LogP contribution is -2.14. The third kappa shape index (κ3) is 3.08. The van der Waals surface area contributed by atoms with Gasteiger partial charge >= 0.3 is 0 Å². The van der Waals surface area contributed by atoms with Gasteiger partial charge < -0.3 is 9.84 Å². The molecular weight excluding hydrogens is 327 g/mol. The van der Waals surface area contributed by atoms with E-state index in [1.807, 2.05) is 6.92 Å². The highest BCUT2D eigenvalue weighted by molar-refractivity contribution is 9.10. The highest BCUT2D eigenvalue weighted by Gasteiger charge is 2.22. The first kappa shape index (κ1) is 15.2. The molecule has 6 heteroatoms. The Balaban J connectivity index is 2.39. The fourth-order valence-corrected chi connectivity index (χ4v) is 2.53. The van der Waals surface area contributed by atoms with Crippen LogP contribution >= 0.6 is 15.9 Å². The molecule has 2 rings (SSSR count). The molecule has 0 saturated heterocycles. The minimum atomic E-state index is -1.08. The van der Waals surface area contributed by atoms with Crippen LogP contribution in [0.3, 0.4) is 0 Å². The predicted molar refractivity (Wildman–Crippen MR) is 77.0 cm³/mol. The van der Waals surface area contributed by atoms with Gasteiger partial charge in [0.2, 0.25) is 0 Å². The number of rotatable bonds is 5. The predicted octanol–water partition coefficient (Wildman–Crippen LogP) is 2.82. The van der Waals surface area contributed by atoms with E-state index in [1.54, 1.807) is 30.1 Å². The Hall–Kier alpha value is -1.24. The summed E-state index contributed by atoms with van der Waals surface area (Å²) in [5.74, 6) is -0.436. The lowest BCUT2D eigenvalue weighted by atomic mass is 10.0. The Morgan fingerprint density at radius 2 is 2.25 bits per heavy atom. The molecule has 108 valence electrons. The summed E-state index contributed by atoms with van der Waals surface area (Å²) < 4.78 is 21.2. The molecule has 1 aromatic carbocycles. The number of nitrogens with zero attached hydrogens (tertiary/aromatic N) is 2. The van der Waals surface area contributed by atoms with Crippen LogP contribution in [0.1, 0.15) is 22.9 Å². The second-order valence-electron chi connectivity index (χ2n) is 4.52. The number of hydrogen-bond acceptors (Lipinski definition) is 3. The molecule has 0 spiro atoms. The molecule has 1 aromatic heterocycles. The number of benzene rings is 1. The summed E-state index contributed by atoms with van der Waals surface area (Å²) in [6.45, 7) is 2.80. The Bertz CT molecular complexity index is 601. The number of halogens is 2. The first-order valence-electron chi connectivity index (χ1n) is 6.19. The SMILES string of the molecule is COCCn1ncc(Br)c1C(O)c1cc(C)ccc1F. The zero-order chi connectivity index (χ0) is 14.7. The molecule has 1 heterocycles. The second kappa shape index (κ2) is 6.47. The number of aliphatic hydroxyl groups excluding tert-OH is 1. The molecular formula is C14H16BrFN2O2. The van der Waals surface area contributed by atoms with Gasteiger partial charge in [-0.3, -0.25) is 4.68 Å². The van der Waals surface area contributed by atoms with Crippen molar-refractivity contribution in [3.05, 3.63) is 51.5 Å². The number of ether oxygens (including phenoxy) is 1. The van der Waals surface area contributed by atoms with Crippen molar-refractivity contribution in [2.75, 3.05) is 13.7 Å². The number of methoxy groups -OCH3 is 1. The van der Waals surface area contributed by atoms with E-state index in [1.165, 1.54) is 6.07 Å². The standard InChI is InChI=1S/C14H16BrFN2O2/c1-9-3-4-12(16)10(7-9)14(19)13-11(15)8-17-18(13)5-6-20-2/h3-4,7-8,14,19H,5-6H2,1-2H3. The Labute approximate surface area is 125 Å². The van der Waals surface area contributed by atoms with Crippen LogP contribution in [0.2, 0.25) is 0 Å². The van der Waals surface area contributed by atoms with Crippen LogP contribution in [0.15, 0.2) is 28.9 Å². The van der Waals surface area contributed by atoms with Gasteiger partial charge in [-0.05, 0) is 28.9 Å². The average Bonchev–Trinajstić information content (AvgIpc) is 2.79. The minimum absolute atomic E-state index is 0.241. The summed E-state index contributed by atoms with van der Waals surface area (Å²) in [4.78, 5) is 0. The summed E-state index contributed by atoms with van der Waals surface area (Å²) >= 11 is 3.34. The van der Waals surface area contributed by atoms with Gasteiger partial charge in [-0.25, -0.2) is 4.39 Å². The fraction of sp³-hybridized carbons (Fsp3) is 0.357. The summed E-state index contributed by atoms with van der Waals surface area (Å²) in [7, 11) is 1.59. The van der Waals surface area contributed by atoms with Gasteiger partial charge in [0.05, 0.1) is 29.5 Å². The molecule has 0 aliphatic carbocycles. The van der Waals surface area contributed by atoms with Gasteiger partial charge in [0.1, 0.15) is 11.9 Å². The quantitative estimate of drug-likeness (QED) is 0.908. The van der Waals surface area contributed by atoms with Crippen molar-refractivity contribution in [2.45, 2.75) is 19.6 Å². The zero-order valence-electron chi connectivity index (χ0n) is 11.3. The van der Waals surface area contributed by atoms with E-state index in [0.29, 0.717) is 23.3 Å². The number of aromatic nitrogens is 2. The van der Waals surface area contributed by atoms with Crippen LogP contribution in [-0.4, -0.2) is 28.6 Å². The molecule has 1 unspecified atom stereocenters. The average molecular weight is 343 g/mol. The molecule has 0 fully saturated rings. The van der Waals surface area contributed by atoms with E-state index >= 15 is 0 Å². The van der Waals surface area contributed by atoms with Crippen LogP contribution in [0, 0.1) is 12.7 Å². The lowest BCUT2D eigenvalue weighted by molar-refractivity contribution is 0.169. The van der Waals surface area contributed by atoms with Gasteiger partial charge in [0.15, 0.2) is 0 Å². The first-order valence-corrected chi connectivity index (χ1v) is 6.98. The molecule has 0 amide bonds. The van der Waals surface area contributed by atoms with E-state index in [-0.39, 0.29) is 5.56 Å². The van der Waals surface area contributed by atoms with Gasteiger partial charge in [0, 0.05) is 12.7 Å². The van der Waals surface area contributed by atoms with Crippen LogP contribution in [-0.2, 0) is 11.3 Å². The molecule has 0 radical (unpaired) electrons. The van der Waals surface area contributed by atoms with E-state index < -0.39 is 11.9 Å². The van der Waals surface area contributed by atoms with Gasteiger partial charge in [-0.15, -0.1) is 0 Å². The maximum atomic E-state index is 13.9. The van der Waals surface area contributed by atoms with Crippen LogP contribution in [0.4, 0.5) is 4.39 Å². The summed E-state index contributed by atoms with van der Waals surface area (Å²) in [6.07, 6.45) is 0.505.